The summed E-state index contributed by atoms with van der Waals surface area (Å²) in [6.07, 6.45) is -0.548. The number of hydrogen-bond acceptors (Lipinski definition) is 4. The van der Waals surface area contributed by atoms with E-state index in [2.05, 4.69) is 0 Å². The normalized spacial score (nSPS) is 32.9. The van der Waals surface area contributed by atoms with Crippen molar-refractivity contribution in [1.82, 2.24) is 0 Å². The standard InChI is InChI=1S/C12H18O4/c1-7(2)8(3)5-14-10-4-9(13)11-6-15-12(10)16-11/h10-12H,4-6H2,1-3H3/t10-,11-,12-/m1/s1. The molecule has 0 radical (unpaired) electrons. The van der Waals surface area contributed by atoms with Crippen molar-refractivity contribution in [2.24, 2.45) is 0 Å². The molecule has 2 fully saturated rings. The van der Waals surface area contributed by atoms with Crippen LogP contribution >= 0.6 is 0 Å². The van der Waals surface area contributed by atoms with Gasteiger partial charge in [0, 0.05) is 6.42 Å². The minimum Gasteiger partial charge on any atom is -0.368 e. The number of carbonyl (C=O) groups is 1. The fourth-order valence-corrected chi connectivity index (χ4v) is 1.73. The van der Waals surface area contributed by atoms with Gasteiger partial charge in [0.1, 0.15) is 12.2 Å². The van der Waals surface area contributed by atoms with Crippen molar-refractivity contribution in [2.75, 3.05) is 13.2 Å². The van der Waals surface area contributed by atoms with Crippen LogP contribution in [0.5, 0.6) is 0 Å². The van der Waals surface area contributed by atoms with Crippen LogP contribution in [-0.2, 0) is 19.0 Å². The highest BCUT2D eigenvalue weighted by Crippen LogP contribution is 2.27. The zero-order valence-electron chi connectivity index (χ0n) is 9.99. The molecule has 2 bridgehead atoms. The van der Waals surface area contributed by atoms with Gasteiger partial charge in [0.05, 0.1) is 13.2 Å². The van der Waals surface area contributed by atoms with Crippen LogP contribution < -0.4 is 0 Å². The second-order valence-electron chi connectivity index (χ2n) is 4.63. The Balaban J connectivity index is 1.91. The predicted octanol–water partition coefficient (Wildman–Crippen LogP) is 1.44. The number of allylic oxidation sites excluding steroid dienone is 1. The quantitative estimate of drug-likeness (QED) is 0.683. The molecule has 2 aliphatic rings. The summed E-state index contributed by atoms with van der Waals surface area (Å²) in [7, 11) is 0. The minimum atomic E-state index is -0.354. The van der Waals surface area contributed by atoms with Gasteiger partial charge in [0.25, 0.3) is 0 Å². The molecule has 90 valence electrons. The number of hydrogen-bond donors (Lipinski definition) is 0. The van der Waals surface area contributed by atoms with Gasteiger partial charge >= 0.3 is 0 Å². The van der Waals surface area contributed by atoms with Gasteiger partial charge < -0.3 is 14.2 Å². The molecule has 2 rings (SSSR count). The molecule has 4 heteroatoms. The maximum atomic E-state index is 11.5. The Morgan fingerprint density at radius 3 is 2.88 bits per heavy atom. The lowest BCUT2D eigenvalue weighted by Gasteiger charge is -2.26. The summed E-state index contributed by atoms with van der Waals surface area (Å²) in [6, 6.07) is 0. The van der Waals surface area contributed by atoms with Crippen LogP contribution in [0.15, 0.2) is 11.1 Å². The number of ketones is 1. The first-order valence-corrected chi connectivity index (χ1v) is 5.62. The molecule has 0 aromatic carbocycles. The highest BCUT2D eigenvalue weighted by Gasteiger charge is 2.43. The maximum Gasteiger partial charge on any atom is 0.185 e. The average molecular weight is 226 g/mol. The summed E-state index contributed by atoms with van der Waals surface area (Å²) in [5.41, 5.74) is 2.43. The molecule has 3 atom stereocenters. The van der Waals surface area contributed by atoms with Crippen molar-refractivity contribution in [3.63, 3.8) is 0 Å². The van der Waals surface area contributed by atoms with Gasteiger partial charge in [0.2, 0.25) is 0 Å². The molecule has 0 aromatic rings. The molecule has 2 saturated heterocycles. The van der Waals surface area contributed by atoms with Gasteiger partial charge in [-0.05, 0) is 26.3 Å². The van der Waals surface area contributed by atoms with Gasteiger partial charge in [-0.3, -0.25) is 4.79 Å². The topological polar surface area (TPSA) is 44.8 Å². The highest BCUT2D eigenvalue weighted by molar-refractivity contribution is 5.84. The van der Waals surface area contributed by atoms with Crippen molar-refractivity contribution in [3.05, 3.63) is 11.1 Å². The molecule has 0 aromatic heterocycles. The molecule has 0 N–H and O–H groups in total. The SMILES string of the molecule is CC(C)=C(C)CO[C@@H]1CC(=O)[C@H]2CO[C@@H]1O2. The Labute approximate surface area is 95.6 Å². The van der Waals surface area contributed by atoms with E-state index < -0.39 is 0 Å². The molecule has 16 heavy (non-hydrogen) atoms. The third-order valence-electron chi connectivity index (χ3n) is 3.14. The lowest BCUT2D eigenvalue weighted by Crippen LogP contribution is -2.40. The number of carbonyl (C=O) groups excluding carboxylic acids is 1. The van der Waals surface area contributed by atoms with E-state index in [1.165, 1.54) is 11.1 Å². The largest absolute Gasteiger partial charge is 0.368 e. The summed E-state index contributed by atoms with van der Waals surface area (Å²) in [4.78, 5) is 11.5. The molecule has 4 nitrogen and oxygen atoms in total. The lowest BCUT2D eigenvalue weighted by atomic mass is 10.1. The van der Waals surface area contributed by atoms with E-state index in [1.54, 1.807) is 0 Å². The zero-order valence-corrected chi connectivity index (χ0v) is 9.99. The van der Waals surface area contributed by atoms with Crippen LogP contribution in [0, 0.1) is 0 Å². The molecule has 0 aliphatic carbocycles. The third kappa shape index (κ3) is 2.34. The Morgan fingerprint density at radius 1 is 1.44 bits per heavy atom. The molecule has 2 aliphatic heterocycles. The Kier molecular flexibility index (Phi) is 3.42. The predicted molar refractivity (Wildman–Crippen MR) is 58.0 cm³/mol. The van der Waals surface area contributed by atoms with Crippen molar-refractivity contribution in [2.45, 2.75) is 45.7 Å². The van der Waals surface area contributed by atoms with Crippen molar-refractivity contribution >= 4 is 5.78 Å². The Hall–Kier alpha value is -0.710. The van der Waals surface area contributed by atoms with E-state index in [0.29, 0.717) is 19.6 Å². The summed E-state index contributed by atoms with van der Waals surface area (Å²) in [6.45, 7) is 7.03. The zero-order chi connectivity index (χ0) is 11.7. The first-order valence-electron chi connectivity index (χ1n) is 5.62. The van der Waals surface area contributed by atoms with E-state index in [9.17, 15) is 4.79 Å². The van der Waals surface area contributed by atoms with Crippen molar-refractivity contribution in [1.29, 1.82) is 0 Å². The molecule has 0 spiro atoms. The summed E-state index contributed by atoms with van der Waals surface area (Å²) >= 11 is 0. The molecule has 0 unspecified atom stereocenters. The number of rotatable bonds is 3. The average Bonchev–Trinajstić information content (AvgIpc) is 2.67. The molecular weight excluding hydrogens is 208 g/mol. The number of Topliss-reactive ketones (excluding diaryl/α,β-unsaturated/α-hetero) is 1. The van der Waals surface area contributed by atoms with Crippen LogP contribution in [0.3, 0.4) is 0 Å². The second-order valence-corrected chi connectivity index (χ2v) is 4.63. The molecule has 2 heterocycles. The number of fused-ring (bicyclic) bond motifs is 2. The minimum absolute atomic E-state index is 0.0913. The lowest BCUT2D eigenvalue weighted by molar-refractivity contribution is -0.177. The maximum absolute atomic E-state index is 11.5. The van der Waals surface area contributed by atoms with Crippen LogP contribution in [0.4, 0.5) is 0 Å². The molecule has 0 amide bonds. The van der Waals surface area contributed by atoms with E-state index >= 15 is 0 Å². The van der Waals surface area contributed by atoms with Gasteiger partial charge in [0.15, 0.2) is 12.1 Å². The fraction of sp³-hybridized carbons (Fsp3) is 0.750. The van der Waals surface area contributed by atoms with E-state index in [0.717, 1.165) is 0 Å². The van der Waals surface area contributed by atoms with Crippen LogP contribution in [0.2, 0.25) is 0 Å². The summed E-state index contributed by atoms with van der Waals surface area (Å²) < 4.78 is 16.4. The number of ether oxygens (including phenoxy) is 3. The Morgan fingerprint density at radius 2 is 2.19 bits per heavy atom. The first kappa shape index (κ1) is 11.8. The molecular formula is C12H18O4. The van der Waals surface area contributed by atoms with E-state index in [4.69, 9.17) is 14.2 Å². The van der Waals surface area contributed by atoms with Gasteiger partial charge in [-0.25, -0.2) is 0 Å². The van der Waals surface area contributed by atoms with E-state index in [-0.39, 0.29) is 24.3 Å². The highest BCUT2D eigenvalue weighted by atomic mass is 16.7. The smallest absolute Gasteiger partial charge is 0.185 e. The Bertz CT molecular complexity index is 317. The van der Waals surface area contributed by atoms with Crippen LogP contribution in [0.25, 0.3) is 0 Å². The van der Waals surface area contributed by atoms with Gasteiger partial charge in [-0.1, -0.05) is 5.57 Å². The summed E-state index contributed by atoms with van der Waals surface area (Å²) in [5, 5.41) is 0. The third-order valence-corrected chi connectivity index (χ3v) is 3.14. The second kappa shape index (κ2) is 4.65. The monoisotopic (exact) mass is 226 g/mol. The first-order chi connectivity index (χ1) is 7.58. The van der Waals surface area contributed by atoms with Gasteiger partial charge in [-0.2, -0.15) is 0 Å². The van der Waals surface area contributed by atoms with Crippen molar-refractivity contribution < 1.29 is 19.0 Å². The molecule has 0 saturated carbocycles. The van der Waals surface area contributed by atoms with Crippen LogP contribution in [0.1, 0.15) is 27.2 Å². The van der Waals surface area contributed by atoms with E-state index in [1.807, 2.05) is 20.8 Å². The fourth-order valence-electron chi connectivity index (χ4n) is 1.73. The van der Waals surface area contributed by atoms with Crippen molar-refractivity contribution in [3.8, 4) is 0 Å². The van der Waals surface area contributed by atoms with Gasteiger partial charge in [-0.15, -0.1) is 0 Å². The van der Waals surface area contributed by atoms with Crippen LogP contribution in [-0.4, -0.2) is 37.5 Å². The summed E-state index contributed by atoms with van der Waals surface area (Å²) in [5.74, 6) is 0.0913.